The van der Waals surface area contributed by atoms with Crippen LogP contribution in [0, 0.1) is 0 Å². The number of nitrogens with zero attached hydrogens (tertiary/aromatic N) is 1. The molecule has 0 spiro atoms. The monoisotopic (exact) mass is 365 g/mol. The van der Waals surface area contributed by atoms with Crippen molar-refractivity contribution in [3.8, 4) is 5.75 Å². The zero-order valence-corrected chi connectivity index (χ0v) is 14.6. The lowest BCUT2D eigenvalue weighted by Crippen LogP contribution is -2.45. The zero-order chi connectivity index (χ0) is 18.6. The van der Waals surface area contributed by atoms with Gasteiger partial charge < -0.3 is 9.84 Å². The van der Waals surface area contributed by atoms with Gasteiger partial charge in [0, 0.05) is 0 Å². The molecule has 0 aromatic heterocycles. The maximum atomic E-state index is 12.0. The van der Waals surface area contributed by atoms with Crippen molar-refractivity contribution < 1.29 is 27.6 Å². The second kappa shape index (κ2) is 7.64. The van der Waals surface area contributed by atoms with Gasteiger partial charge in [0.05, 0.1) is 13.2 Å². The number of hydrogen-bond donors (Lipinski definition) is 2. The topological polar surface area (TPSA) is 104 Å². The van der Waals surface area contributed by atoms with Crippen molar-refractivity contribution in [3.63, 3.8) is 0 Å². The van der Waals surface area contributed by atoms with Crippen LogP contribution in [0.25, 0.3) is 0 Å². The number of carboxylic acid groups (broad SMARTS) is 1. The summed E-state index contributed by atoms with van der Waals surface area (Å²) in [6.07, 6.45) is 0. The highest BCUT2D eigenvalue weighted by Crippen LogP contribution is 2.34. The van der Waals surface area contributed by atoms with Crippen LogP contribution >= 0.6 is 0 Å². The molecule has 0 aliphatic rings. The van der Waals surface area contributed by atoms with E-state index < -0.39 is 28.4 Å². The van der Waals surface area contributed by atoms with Gasteiger partial charge in [-0.1, -0.05) is 42.5 Å². The van der Waals surface area contributed by atoms with E-state index in [9.17, 15) is 22.9 Å². The van der Waals surface area contributed by atoms with Crippen molar-refractivity contribution in [2.75, 3.05) is 7.11 Å². The lowest BCUT2D eigenvalue weighted by Gasteiger charge is -2.32. The summed E-state index contributed by atoms with van der Waals surface area (Å²) < 4.78 is 39.5. The van der Waals surface area contributed by atoms with E-state index in [4.69, 9.17) is 4.74 Å². The van der Waals surface area contributed by atoms with Gasteiger partial charge in [-0.3, -0.25) is 9.35 Å². The molecule has 0 aliphatic heterocycles. The predicted molar refractivity (Wildman–Crippen MR) is 91.8 cm³/mol. The molecule has 2 aromatic carbocycles. The van der Waals surface area contributed by atoms with Gasteiger partial charge in [-0.05, 0) is 30.2 Å². The summed E-state index contributed by atoms with van der Waals surface area (Å²) in [6, 6.07) is 12.6. The number of carboxylic acids is 1. The number of ether oxygens (including phenoxy) is 1. The first-order valence-electron chi connectivity index (χ1n) is 7.43. The Hall–Kier alpha value is -2.42. The highest BCUT2D eigenvalue weighted by molar-refractivity contribution is 7.83. The lowest BCUT2D eigenvalue weighted by molar-refractivity contribution is -0.141. The standard InChI is InChI=1S/C17H19NO6S/c1-12(17(19)20)18(25(21,22)23)16(13-7-4-3-5-8-13)14-9-6-10-15(11-14)24-2/h3-12,16H,1-2H3,(H,19,20)(H,21,22,23)/t12-,16?/m0/s1. The fourth-order valence-corrected chi connectivity index (χ4v) is 3.60. The van der Waals surface area contributed by atoms with Gasteiger partial charge in [0.25, 0.3) is 0 Å². The van der Waals surface area contributed by atoms with E-state index >= 15 is 0 Å². The summed E-state index contributed by atoms with van der Waals surface area (Å²) in [5, 5.41) is 9.32. The van der Waals surface area contributed by atoms with Crippen molar-refractivity contribution in [3.05, 3.63) is 65.7 Å². The molecule has 2 atom stereocenters. The van der Waals surface area contributed by atoms with Crippen LogP contribution in [0.5, 0.6) is 5.75 Å². The molecule has 1 unspecified atom stereocenters. The maximum Gasteiger partial charge on any atom is 0.337 e. The smallest absolute Gasteiger partial charge is 0.337 e. The Bertz CT molecular complexity index is 837. The first-order valence-corrected chi connectivity index (χ1v) is 8.83. The Labute approximate surface area is 146 Å². The minimum atomic E-state index is -4.81. The second-order valence-corrected chi connectivity index (χ2v) is 6.73. The molecule has 7 nitrogen and oxygen atoms in total. The number of hydrogen-bond acceptors (Lipinski definition) is 4. The van der Waals surface area contributed by atoms with Gasteiger partial charge in [-0.25, -0.2) is 0 Å². The number of aliphatic carboxylic acids is 1. The summed E-state index contributed by atoms with van der Waals surface area (Å²) in [6.45, 7) is 1.20. The van der Waals surface area contributed by atoms with Crippen LogP contribution in [-0.4, -0.2) is 41.5 Å². The van der Waals surface area contributed by atoms with E-state index in [1.54, 1.807) is 54.6 Å². The van der Waals surface area contributed by atoms with Crippen molar-refractivity contribution >= 4 is 16.3 Å². The summed E-state index contributed by atoms with van der Waals surface area (Å²) in [5.41, 5.74) is 0.984. The van der Waals surface area contributed by atoms with E-state index in [0.717, 1.165) is 0 Å². The van der Waals surface area contributed by atoms with Crippen LogP contribution in [0.2, 0.25) is 0 Å². The minimum absolute atomic E-state index is 0.469. The van der Waals surface area contributed by atoms with Crippen LogP contribution < -0.4 is 4.74 Å². The molecule has 2 N–H and O–H groups in total. The second-order valence-electron chi connectivity index (χ2n) is 5.41. The largest absolute Gasteiger partial charge is 0.497 e. The van der Waals surface area contributed by atoms with Crippen molar-refractivity contribution in [2.24, 2.45) is 0 Å². The molecule has 25 heavy (non-hydrogen) atoms. The number of benzene rings is 2. The Morgan fingerprint density at radius 3 is 2.20 bits per heavy atom. The molecule has 2 aromatic rings. The SMILES string of the molecule is COc1cccc(C(c2ccccc2)N([C@@H](C)C(=O)O)S(=O)(=O)O)c1. The van der Waals surface area contributed by atoms with E-state index in [2.05, 4.69) is 0 Å². The van der Waals surface area contributed by atoms with Crippen LogP contribution in [0.3, 0.4) is 0 Å². The first kappa shape index (κ1) is 18.9. The van der Waals surface area contributed by atoms with Crippen molar-refractivity contribution in [1.82, 2.24) is 4.31 Å². The molecule has 0 saturated heterocycles. The quantitative estimate of drug-likeness (QED) is 0.730. The molecule has 2 rings (SSSR count). The highest BCUT2D eigenvalue weighted by atomic mass is 32.2. The molecule has 0 saturated carbocycles. The predicted octanol–water partition coefficient (Wildman–Crippen LogP) is 2.36. The van der Waals surface area contributed by atoms with Gasteiger partial charge >= 0.3 is 16.3 Å². The molecule has 8 heteroatoms. The number of methoxy groups -OCH3 is 1. The van der Waals surface area contributed by atoms with Crippen molar-refractivity contribution in [2.45, 2.75) is 19.0 Å². The Morgan fingerprint density at radius 1 is 1.08 bits per heavy atom. The van der Waals surface area contributed by atoms with Gasteiger partial charge in [0.1, 0.15) is 11.8 Å². The van der Waals surface area contributed by atoms with Gasteiger partial charge in [-0.2, -0.15) is 12.7 Å². The first-order chi connectivity index (χ1) is 11.8. The molecular formula is C17H19NO6S. The van der Waals surface area contributed by atoms with Crippen LogP contribution in [-0.2, 0) is 15.1 Å². The minimum Gasteiger partial charge on any atom is -0.497 e. The van der Waals surface area contributed by atoms with Crippen molar-refractivity contribution in [1.29, 1.82) is 0 Å². The van der Waals surface area contributed by atoms with E-state index in [1.807, 2.05) is 0 Å². The van der Waals surface area contributed by atoms with E-state index in [-0.39, 0.29) is 0 Å². The molecule has 0 bridgehead atoms. The average Bonchev–Trinajstić information content (AvgIpc) is 2.58. The van der Waals surface area contributed by atoms with Crippen LogP contribution in [0.15, 0.2) is 54.6 Å². The lowest BCUT2D eigenvalue weighted by atomic mass is 9.97. The summed E-state index contributed by atoms with van der Waals surface area (Å²) in [5.74, 6) is -0.891. The average molecular weight is 365 g/mol. The third kappa shape index (κ3) is 4.36. The van der Waals surface area contributed by atoms with E-state index in [1.165, 1.54) is 14.0 Å². The molecule has 0 fully saturated rings. The maximum absolute atomic E-state index is 12.0. The summed E-state index contributed by atoms with van der Waals surface area (Å²) in [4.78, 5) is 11.4. The molecule has 0 aliphatic carbocycles. The number of carbonyl (C=O) groups is 1. The Morgan fingerprint density at radius 2 is 1.68 bits per heavy atom. The third-order valence-electron chi connectivity index (χ3n) is 3.78. The Kier molecular flexibility index (Phi) is 5.78. The third-order valence-corrected chi connectivity index (χ3v) is 4.84. The van der Waals surface area contributed by atoms with E-state index in [0.29, 0.717) is 21.2 Å². The zero-order valence-electron chi connectivity index (χ0n) is 13.7. The van der Waals surface area contributed by atoms with Crippen LogP contribution in [0.1, 0.15) is 24.1 Å². The van der Waals surface area contributed by atoms with Gasteiger partial charge in [-0.15, -0.1) is 0 Å². The normalized spacial score (nSPS) is 14.1. The fraction of sp³-hybridized carbons (Fsp3) is 0.235. The number of rotatable bonds is 7. The fourth-order valence-electron chi connectivity index (χ4n) is 2.60. The molecular weight excluding hydrogens is 346 g/mol. The van der Waals surface area contributed by atoms with Gasteiger partial charge in [0.15, 0.2) is 0 Å². The summed E-state index contributed by atoms with van der Waals surface area (Å²) >= 11 is 0. The molecule has 0 radical (unpaired) electrons. The molecule has 134 valence electrons. The van der Waals surface area contributed by atoms with Crippen LogP contribution in [0.4, 0.5) is 0 Å². The summed E-state index contributed by atoms with van der Waals surface area (Å²) in [7, 11) is -3.34. The molecule has 0 heterocycles. The highest BCUT2D eigenvalue weighted by Gasteiger charge is 2.38. The van der Waals surface area contributed by atoms with Gasteiger partial charge in [0.2, 0.25) is 0 Å². The molecule has 0 amide bonds. The Balaban J connectivity index is 2.70.